The fourth-order valence-electron chi connectivity index (χ4n) is 1.82. The number of hydrogen-bond donors (Lipinski definition) is 2. The Bertz CT molecular complexity index is 356. The zero-order valence-electron chi connectivity index (χ0n) is 11.9. The second kappa shape index (κ2) is 9.82. The number of ether oxygens (including phenoxy) is 4. The highest BCUT2D eigenvalue weighted by Gasteiger charge is 2.10. The van der Waals surface area contributed by atoms with Crippen molar-refractivity contribution in [2.75, 3.05) is 27.8 Å². The summed E-state index contributed by atoms with van der Waals surface area (Å²) >= 11 is 0. The summed E-state index contributed by atoms with van der Waals surface area (Å²) in [5.74, 6) is 0. The predicted octanol–water partition coefficient (Wildman–Crippen LogP) is 0.912. The van der Waals surface area contributed by atoms with Crippen LogP contribution in [0.5, 0.6) is 0 Å². The van der Waals surface area contributed by atoms with E-state index in [4.69, 9.17) is 18.9 Å². The van der Waals surface area contributed by atoms with Gasteiger partial charge in [-0.1, -0.05) is 12.1 Å². The lowest BCUT2D eigenvalue weighted by molar-refractivity contribution is -0.0456. The monoisotopic (exact) mass is 286 g/mol. The van der Waals surface area contributed by atoms with Crippen molar-refractivity contribution in [3.63, 3.8) is 0 Å². The fourth-order valence-corrected chi connectivity index (χ4v) is 1.82. The van der Waals surface area contributed by atoms with Gasteiger partial charge in [0.1, 0.15) is 13.6 Å². The van der Waals surface area contributed by atoms with Gasteiger partial charge in [-0.3, -0.25) is 0 Å². The average molecular weight is 286 g/mol. The van der Waals surface area contributed by atoms with Gasteiger partial charge in [0.25, 0.3) is 0 Å². The molecule has 6 nitrogen and oxygen atoms in total. The van der Waals surface area contributed by atoms with Crippen LogP contribution in [0.2, 0.25) is 0 Å². The standard InChI is InChI=1S/C14H22O6/c1-17-9-19-7-13-3-11(5-15)12(6-16)4-14(13)8-20-10-18-2/h3-4,15-16H,5-10H2,1-2H3. The third-order valence-corrected chi connectivity index (χ3v) is 2.78. The van der Waals surface area contributed by atoms with Crippen molar-refractivity contribution in [1.29, 1.82) is 0 Å². The topological polar surface area (TPSA) is 77.4 Å². The first kappa shape index (κ1) is 17.0. The maximum absolute atomic E-state index is 9.32. The van der Waals surface area contributed by atoms with Crippen molar-refractivity contribution >= 4 is 0 Å². The largest absolute Gasteiger partial charge is 0.392 e. The molecule has 0 radical (unpaired) electrons. The van der Waals surface area contributed by atoms with Gasteiger partial charge < -0.3 is 29.2 Å². The molecular weight excluding hydrogens is 264 g/mol. The molecule has 0 unspecified atom stereocenters. The third-order valence-electron chi connectivity index (χ3n) is 2.78. The molecule has 114 valence electrons. The molecule has 0 saturated carbocycles. The summed E-state index contributed by atoms with van der Waals surface area (Å²) in [6.07, 6.45) is 0. The van der Waals surface area contributed by atoms with E-state index in [1.54, 1.807) is 14.2 Å². The Kier molecular flexibility index (Phi) is 8.36. The van der Waals surface area contributed by atoms with Gasteiger partial charge in [-0.25, -0.2) is 0 Å². The second-order valence-electron chi connectivity index (χ2n) is 4.22. The summed E-state index contributed by atoms with van der Waals surface area (Å²) in [4.78, 5) is 0. The molecule has 0 atom stereocenters. The minimum atomic E-state index is -0.133. The quantitative estimate of drug-likeness (QED) is 0.492. The van der Waals surface area contributed by atoms with E-state index < -0.39 is 0 Å². The van der Waals surface area contributed by atoms with Crippen molar-refractivity contribution in [2.24, 2.45) is 0 Å². The van der Waals surface area contributed by atoms with Crippen LogP contribution >= 0.6 is 0 Å². The van der Waals surface area contributed by atoms with Gasteiger partial charge in [0.15, 0.2) is 0 Å². The Hall–Kier alpha value is -1.02. The van der Waals surface area contributed by atoms with E-state index in [1.165, 1.54) is 0 Å². The smallest absolute Gasteiger partial charge is 0.146 e. The number of hydrogen-bond acceptors (Lipinski definition) is 6. The van der Waals surface area contributed by atoms with Crippen molar-refractivity contribution in [3.8, 4) is 0 Å². The zero-order chi connectivity index (χ0) is 14.8. The van der Waals surface area contributed by atoms with Gasteiger partial charge in [0.2, 0.25) is 0 Å². The zero-order valence-corrected chi connectivity index (χ0v) is 11.9. The minimum absolute atomic E-state index is 0.133. The van der Waals surface area contributed by atoms with Crippen molar-refractivity contribution in [1.82, 2.24) is 0 Å². The highest BCUT2D eigenvalue weighted by molar-refractivity contribution is 5.37. The molecule has 20 heavy (non-hydrogen) atoms. The number of rotatable bonds is 10. The molecule has 0 aromatic heterocycles. The predicted molar refractivity (Wildman–Crippen MR) is 71.6 cm³/mol. The van der Waals surface area contributed by atoms with Crippen LogP contribution in [0.15, 0.2) is 12.1 Å². The molecule has 1 aromatic carbocycles. The number of benzene rings is 1. The Balaban J connectivity index is 2.89. The summed E-state index contributed by atoms with van der Waals surface area (Å²) in [6.45, 7) is 0.804. The molecule has 1 aromatic rings. The molecular formula is C14H22O6. The second-order valence-corrected chi connectivity index (χ2v) is 4.22. The molecule has 0 fully saturated rings. The first-order valence-corrected chi connectivity index (χ1v) is 6.25. The normalized spacial score (nSPS) is 11.0. The number of aliphatic hydroxyl groups excluding tert-OH is 2. The van der Waals surface area contributed by atoms with Gasteiger partial charge in [-0.05, 0) is 22.3 Å². The SMILES string of the molecule is COCOCc1cc(CO)c(CO)cc1COCOC. The summed E-state index contributed by atoms with van der Waals surface area (Å²) < 4.78 is 20.4. The Morgan fingerprint density at radius 1 is 0.750 bits per heavy atom. The van der Waals surface area contributed by atoms with E-state index >= 15 is 0 Å². The van der Waals surface area contributed by atoms with Crippen LogP contribution in [0.25, 0.3) is 0 Å². The Labute approximate surface area is 118 Å². The summed E-state index contributed by atoms with van der Waals surface area (Å²) in [6, 6.07) is 3.62. The van der Waals surface area contributed by atoms with Crippen molar-refractivity contribution in [3.05, 3.63) is 34.4 Å². The minimum Gasteiger partial charge on any atom is -0.392 e. The van der Waals surface area contributed by atoms with Gasteiger partial charge in [0, 0.05) is 14.2 Å². The lowest BCUT2D eigenvalue weighted by atomic mass is 9.99. The number of aliphatic hydroxyl groups is 2. The van der Waals surface area contributed by atoms with E-state index in [1.807, 2.05) is 12.1 Å². The van der Waals surface area contributed by atoms with Crippen LogP contribution in [-0.2, 0) is 45.4 Å². The van der Waals surface area contributed by atoms with Crippen LogP contribution in [0.3, 0.4) is 0 Å². The van der Waals surface area contributed by atoms with Crippen LogP contribution in [0, 0.1) is 0 Å². The van der Waals surface area contributed by atoms with E-state index in [0.29, 0.717) is 24.3 Å². The van der Waals surface area contributed by atoms with Gasteiger partial charge in [0.05, 0.1) is 26.4 Å². The van der Waals surface area contributed by atoms with Crippen LogP contribution in [-0.4, -0.2) is 38.0 Å². The van der Waals surface area contributed by atoms with Crippen molar-refractivity contribution < 1.29 is 29.2 Å². The highest BCUT2D eigenvalue weighted by atomic mass is 16.7. The van der Waals surface area contributed by atoms with E-state index in [9.17, 15) is 10.2 Å². The highest BCUT2D eigenvalue weighted by Crippen LogP contribution is 2.20. The lowest BCUT2D eigenvalue weighted by Crippen LogP contribution is -2.07. The summed E-state index contributed by atoms with van der Waals surface area (Å²) in [5, 5.41) is 18.6. The molecule has 0 aliphatic heterocycles. The molecule has 0 heterocycles. The van der Waals surface area contributed by atoms with Gasteiger partial charge >= 0.3 is 0 Å². The molecule has 0 saturated heterocycles. The van der Waals surface area contributed by atoms with E-state index in [-0.39, 0.29) is 26.8 Å². The molecule has 0 aliphatic carbocycles. The van der Waals surface area contributed by atoms with Crippen LogP contribution in [0.4, 0.5) is 0 Å². The molecule has 0 bridgehead atoms. The molecule has 2 N–H and O–H groups in total. The molecule has 1 rings (SSSR count). The Morgan fingerprint density at radius 2 is 1.15 bits per heavy atom. The maximum Gasteiger partial charge on any atom is 0.146 e. The van der Waals surface area contributed by atoms with Crippen molar-refractivity contribution in [2.45, 2.75) is 26.4 Å². The summed E-state index contributed by atoms with van der Waals surface area (Å²) in [7, 11) is 3.10. The third kappa shape index (κ3) is 5.16. The lowest BCUT2D eigenvalue weighted by Gasteiger charge is -2.15. The van der Waals surface area contributed by atoms with Gasteiger partial charge in [-0.15, -0.1) is 0 Å². The van der Waals surface area contributed by atoms with E-state index in [2.05, 4.69) is 0 Å². The average Bonchev–Trinajstić information content (AvgIpc) is 2.48. The Morgan fingerprint density at radius 3 is 1.45 bits per heavy atom. The number of methoxy groups -OCH3 is 2. The first-order valence-electron chi connectivity index (χ1n) is 6.25. The van der Waals surface area contributed by atoms with Gasteiger partial charge in [-0.2, -0.15) is 0 Å². The summed E-state index contributed by atoms with van der Waals surface area (Å²) in [5.41, 5.74) is 3.14. The fraction of sp³-hybridized carbons (Fsp3) is 0.571. The van der Waals surface area contributed by atoms with Crippen LogP contribution < -0.4 is 0 Å². The molecule has 0 aliphatic rings. The molecule has 0 amide bonds. The molecule has 6 heteroatoms. The maximum atomic E-state index is 9.32. The van der Waals surface area contributed by atoms with E-state index in [0.717, 1.165) is 11.1 Å². The molecule has 0 spiro atoms. The first-order chi connectivity index (χ1) is 9.76. The van der Waals surface area contributed by atoms with Crippen LogP contribution in [0.1, 0.15) is 22.3 Å².